The monoisotopic (exact) mass is 381 g/mol. The Hall–Kier alpha value is -2.12. The minimum atomic E-state index is -0.533. The molecule has 0 spiro atoms. The Morgan fingerprint density at radius 1 is 1.36 bits per heavy atom. The van der Waals surface area contributed by atoms with E-state index in [-0.39, 0.29) is 11.4 Å². The summed E-state index contributed by atoms with van der Waals surface area (Å²) in [5.74, 6) is -0.448. The van der Waals surface area contributed by atoms with Gasteiger partial charge in [0.15, 0.2) is 10.4 Å². The summed E-state index contributed by atoms with van der Waals surface area (Å²) < 4.78 is 6.86. The number of pyridine rings is 1. The van der Waals surface area contributed by atoms with Crippen LogP contribution in [0.1, 0.15) is 16.2 Å². The lowest BCUT2D eigenvalue weighted by atomic mass is 10.3. The zero-order valence-electron chi connectivity index (χ0n) is 11.3. The predicted octanol–water partition coefficient (Wildman–Crippen LogP) is 3.26. The molecular formula is C14H9BrClN3O3. The standard InChI is InChI=1S/C14H9BrClN3O3/c1-7-12(18-13(20)9-3-4-10(15)22-9)14(21)19-6-8(16)2-5-11(19)17-7/h2-6H,1H3,(H,18,20). The van der Waals surface area contributed by atoms with Crippen molar-refractivity contribution in [3.63, 3.8) is 0 Å². The molecule has 0 unspecified atom stereocenters. The fourth-order valence-electron chi connectivity index (χ4n) is 1.98. The molecule has 0 aliphatic rings. The van der Waals surface area contributed by atoms with Crippen LogP contribution in [-0.2, 0) is 0 Å². The van der Waals surface area contributed by atoms with E-state index < -0.39 is 11.5 Å². The molecule has 0 saturated carbocycles. The summed E-state index contributed by atoms with van der Waals surface area (Å²) in [4.78, 5) is 28.9. The molecular weight excluding hydrogens is 374 g/mol. The van der Waals surface area contributed by atoms with Gasteiger partial charge in [-0.1, -0.05) is 11.6 Å². The highest BCUT2D eigenvalue weighted by Crippen LogP contribution is 2.17. The molecule has 0 atom stereocenters. The van der Waals surface area contributed by atoms with Crippen LogP contribution in [0.15, 0.2) is 44.3 Å². The highest BCUT2D eigenvalue weighted by atomic mass is 79.9. The quantitative estimate of drug-likeness (QED) is 0.738. The van der Waals surface area contributed by atoms with Crippen LogP contribution in [0.2, 0.25) is 5.02 Å². The summed E-state index contributed by atoms with van der Waals surface area (Å²) in [5.41, 5.74) is 0.526. The Morgan fingerprint density at radius 2 is 2.14 bits per heavy atom. The molecule has 0 aliphatic heterocycles. The zero-order chi connectivity index (χ0) is 15.9. The molecule has 1 amide bonds. The van der Waals surface area contributed by atoms with Crippen LogP contribution < -0.4 is 10.9 Å². The molecule has 22 heavy (non-hydrogen) atoms. The van der Waals surface area contributed by atoms with E-state index in [9.17, 15) is 9.59 Å². The molecule has 1 N–H and O–H groups in total. The lowest BCUT2D eigenvalue weighted by molar-refractivity contribution is 0.0995. The van der Waals surface area contributed by atoms with Gasteiger partial charge in [0.05, 0.1) is 10.7 Å². The van der Waals surface area contributed by atoms with Gasteiger partial charge in [-0.05, 0) is 47.1 Å². The van der Waals surface area contributed by atoms with Gasteiger partial charge in [0.1, 0.15) is 11.3 Å². The number of hydrogen-bond donors (Lipinski definition) is 1. The third-order valence-corrected chi connectivity index (χ3v) is 3.65. The number of halogens is 2. The minimum Gasteiger partial charge on any atom is -0.444 e. The van der Waals surface area contributed by atoms with Crippen LogP contribution in [0.3, 0.4) is 0 Å². The Morgan fingerprint density at radius 3 is 2.82 bits per heavy atom. The van der Waals surface area contributed by atoms with Gasteiger partial charge in [0, 0.05) is 6.20 Å². The number of aryl methyl sites for hydroxylation is 1. The van der Waals surface area contributed by atoms with Gasteiger partial charge in [0.2, 0.25) is 0 Å². The van der Waals surface area contributed by atoms with Gasteiger partial charge in [-0.2, -0.15) is 0 Å². The number of carbonyl (C=O) groups is 1. The molecule has 0 aromatic carbocycles. The maximum absolute atomic E-state index is 12.5. The van der Waals surface area contributed by atoms with Gasteiger partial charge < -0.3 is 9.73 Å². The van der Waals surface area contributed by atoms with E-state index in [1.54, 1.807) is 25.1 Å². The molecule has 3 aromatic heterocycles. The second kappa shape index (κ2) is 5.58. The molecule has 0 fully saturated rings. The summed E-state index contributed by atoms with van der Waals surface area (Å²) in [6, 6.07) is 6.36. The number of fused-ring (bicyclic) bond motifs is 1. The van der Waals surface area contributed by atoms with Gasteiger partial charge in [-0.25, -0.2) is 4.98 Å². The highest BCUT2D eigenvalue weighted by Gasteiger charge is 2.16. The van der Waals surface area contributed by atoms with Crippen LogP contribution in [0.4, 0.5) is 5.69 Å². The second-order valence-corrected chi connectivity index (χ2v) is 5.73. The Balaban J connectivity index is 2.07. The van der Waals surface area contributed by atoms with E-state index >= 15 is 0 Å². The second-order valence-electron chi connectivity index (χ2n) is 4.51. The van der Waals surface area contributed by atoms with Crippen molar-refractivity contribution in [3.8, 4) is 0 Å². The topological polar surface area (TPSA) is 76.6 Å². The van der Waals surface area contributed by atoms with Crippen molar-refractivity contribution in [2.75, 3.05) is 5.32 Å². The first-order chi connectivity index (χ1) is 10.5. The van der Waals surface area contributed by atoms with E-state index in [1.807, 2.05) is 0 Å². The maximum Gasteiger partial charge on any atom is 0.291 e. The van der Waals surface area contributed by atoms with Crippen LogP contribution in [0.5, 0.6) is 0 Å². The number of rotatable bonds is 2. The zero-order valence-corrected chi connectivity index (χ0v) is 13.6. The van der Waals surface area contributed by atoms with Crippen LogP contribution in [0, 0.1) is 6.92 Å². The van der Waals surface area contributed by atoms with Crippen LogP contribution in [0.25, 0.3) is 5.65 Å². The lowest BCUT2D eigenvalue weighted by Crippen LogP contribution is -2.24. The summed E-state index contributed by atoms with van der Waals surface area (Å²) >= 11 is 9.01. The van der Waals surface area contributed by atoms with Crippen molar-refractivity contribution in [1.29, 1.82) is 0 Å². The van der Waals surface area contributed by atoms with E-state index in [1.165, 1.54) is 16.7 Å². The van der Waals surface area contributed by atoms with Crippen molar-refractivity contribution >= 4 is 44.8 Å². The summed E-state index contributed by atoms with van der Waals surface area (Å²) in [6.45, 7) is 1.64. The largest absolute Gasteiger partial charge is 0.444 e. The smallest absolute Gasteiger partial charge is 0.291 e. The first-order valence-electron chi connectivity index (χ1n) is 6.21. The number of hydrogen-bond acceptors (Lipinski definition) is 4. The Labute approximate surface area is 137 Å². The fourth-order valence-corrected chi connectivity index (χ4v) is 2.45. The molecule has 0 radical (unpaired) electrons. The average molecular weight is 383 g/mol. The van der Waals surface area contributed by atoms with E-state index in [0.29, 0.717) is 21.0 Å². The number of nitrogens with zero attached hydrogens (tertiary/aromatic N) is 2. The molecule has 0 bridgehead atoms. The molecule has 6 nitrogen and oxygen atoms in total. The number of nitrogens with one attached hydrogen (secondary N) is 1. The molecule has 3 aromatic rings. The SMILES string of the molecule is Cc1nc2ccc(Cl)cn2c(=O)c1NC(=O)c1ccc(Br)o1. The lowest BCUT2D eigenvalue weighted by Gasteiger charge is -2.08. The Bertz CT molecular complexity index is 948. The normalized spacial score (nSPS) is 10.9. The van der Waals surface area contributed by atoms with Gasteiger partial charge >= 0.3 is 0 Å². The van der Waals surface area contributed by atoms with E-state index in [2.05, 4.69) is 26.2 Å². The molecule has 0 saturated heterocycles. The molecule has 0 aliphatic carbocycles. The number of carbonyl (C=O) groups excluding carboxylic acids is 1. The third-order valence-electron chi connectivity index (χ3n) is 3.00. The molecule has 112 valence electrons. The average Bonchev–Trinajstić information content (AvgIpc) is 2.91. The number of furan rings is 1. The summed E-state index contributed by atoms with van der Waals surface area (Å²) in [6.07, 6.45) is 1.45. The number of aromatic nitrogens is 2. The van der Waals surface area contributed by atoms with Crippen molar-refractivity contribution in [2.24, 2.45) is 0 Å². The van der Waals surface area contributed by atoms with E-state index in [0.717, 1.165) is 0 Å². The van der Waals surface area contributed by atoms with Crippen molar-refractivity contribution in [3.05, 3.63) is 62.0 Å². The van der Waals surface area contributed by atoms with Crippen molar-refractivity contribution in [1.82, 2.24) is 9.38 Å². The van der Waals surface area contributed by atoms with Gasteiger partial charge in [-0.15, -0.1) is 0 Å². The van der Waals surface area contributed by atoms with Crippen LogP contribution >= 0.6 is 27.5 Å². The Kier molecular flexibility index (Phi) is 3.76. The third kappa shape index (κ3) is 2.65. The molecule has 3 heterocycles. The summed E-state index contributed by atoms with van der Waals surface area (Å²) in [7, 11) is 0. The minimum absolute atomic E-state index is 0.0808. The van der Waals surface area contributed by atoms with Crippen molar-refractivity contribution in [2.45, 2.75) is 6.92 Å². The first kappa shape index (κ1) is 14.8. The number of amides is 1. The van der Waals surface area contributed by atoms with Crippen LogP contribution in [-0.4, -0.2) is 15.3 Å². The fraction of sp³-hybridized carbons (Fsp3) is 0.0714. The predicted molar refractivity (Wildman–Crippen MR) is 85.6 cm³/mol. The highest BCUT2D eigenvalue weighted by molar-refractivity contribution is 9.10. The first-order valence-corrected chi connectivity index (χ1v) is 7.38. The van der Waals surface area contributed by atoms with Crippen molar-refractivity contribution < 1.29 is 9.21 Å². The van der Waals surface area contributed by atoms with E-state index in [4.69, 9.17) is 16.0 Å². The molecule has 3 rings (SSSR count). The summed E-state index contributed by atoms with van der Waals surface area (Å²) in [5, 5.41) is 2.92. The number of anilines is 1. The molecule has 8 heteroatoms. The van der Waals surface area contributed by atoms with Gasteiger partial charge in [-0.3, -0.25) is 14.0 Å². The van der Waals surface area contributed by atoms with Gasteiger partial charge in [0.25, 0.3) is 11.5 Å². The maximum atomic E-state index is 12.5.